The highest BCUT2D eigenvalue weighted by molar-refractivity contribution is 6.31. The number of amides is 1. The second-order valence-corrected chi connectivity index (χ2v) is 8.16. The van der Waals surface area contributed by atoms with Crippen LogP contribution in [0.2, 0.25) is 5.02 Å². The molecule has 1 aliphatic heterocycles. The van der Waals surface area contributed by atoms with E-state index in [9.17, 15) is 14.4 Å². The van der Waals surface area contributed by atoms with Crippen LogP contribution < -0.4 is 21.3 Å². The number of rotatable bonds is 3. The van der Waals surface area contributed by atoms with Gasteiger partial charge in [-0.25, -0.2) is 4.79 Å². The van der Waals surface area contributed by atoms with Crippen LogP contribution in [0.5, 0.6) is 5.75 Å². The van der Waals surface area contributed by atoms with Gasteiger partial charge in [-0.3, -0.25) is 18.7 Å². The molecule has 2 aromatic heterocycles. The standard InChI is InChI=1S/C23H19ClN4O4/c1-27-20-18(22(30)28(2)23(27)31)17(19(26-20)11-4-7-13(32-3)8-5-11)16-14-10-12(24)6-9-15(14)25-21(16)29/h4-10,16,26H,1-3H3,(H,25,29). The van der Waals surface area contributed by atoms with E-state index in [-0.39, 0.29) is 11.3 Å². The van der Waals surface area contributed by atoms with E-state index in [4.69, 9.17) is 16.3 Å². The number of ether oxygens (including phenoxy) is 1. The van der Waals surface area contributed by atoms with Crippen molar-refractivity contribution in [3.63, 3.8) is 0 Å². The summed E-state index contributed by atoms with van der Waals surface area (Å²) in [5.41, 5.74) is 2.55. The molecule has 32 heavy (non-hydrogen) atoms. The zero-order valence-electron chi connectivity index (χ0n) is 17.5. The smallest absolute Gasteiger partial charge is 0.332 e. The maximum Gasteiger partial charge on any atom is 0.332 e. The van der Waals surface area contributed by atoms with Crippen LogP contribution in [0.1, 0.15) is 17.0 Å². The molecule has 0 saturated heterocycles. The molecule has 0 radical (unpaired) electrons. The van der Waals surface area contributed by atoms with Crippen molar-refractivity contribution in [3.05, 3.63) is 79.5 Å². The summed E-state index contributed by atoms with van der Waals surface area (Å²) in [5, 5.41) is 3.64. The van der Waals surface area contributed by atoms with Crippen LogP contribution in [-0.2, 0) is 18.9 Å². The lowest BCUT2D eigenvalue weighted by atomic mass is 9.89. The summed E-state index contributed by atoms with van der Waals surface area (Å²) in [5.74, 6) is -0.376. The number of methoxy groups -OCH3 is 1. The van der Waals surface area contributed by atoms with E-state index < -0.39 is 17.2 Å². The fraction of sp³-hybridized carbons (Fsp3) is 0.174. The van der Waals surface area contributed by atoms with Crippen LogP contribution in [-0.4, -0.2) is 27.1 Å². The van der Waals surface area contributed by atoms with Gasteiger partial charge in [0.05, 0.1) is 24.1 Å². The molecule has 0 saturated carbocycles. The Hall–Kier alpha value is -3.78. The third-order valence-corrected chi connectivity index (χ3v) is 6.19. The minimum Gasteiger partial charge on any atom is -0.497 e. The topological polar surface area (TPSA) is 98.1 Å². The number of halogens is 1. The Morgan fingerprint density at radius 3 is 2.41 bits per heavy atom. The number of nitrogens with one attached hydrogen (secondary N) is 2. The number of benzene rings is 2. The monoisotopic (exact) mass is 450 g/mol. The largest absolute Gasteiger partial charge is 0.497 e. The second kappa shape index (κ2) is 7.13. The fourth-order valence-electron chi connectivity index (χ4n) is 4.34. The van der Waals surface area contributed by atoms with Gasteiger partial charge in [-0.1, -0.05) is 11.6 Å². The van der Waals surface area contributed by atoms with Gasteiger partial charge in [-0.2, -0.15) is 0 Å². The van der Waals surface area contributed by atoms with Crippen LogP contribution in [0.25, 0.3) is 22.3 Å². The number of aromatic nitrogens is 3. The summed E-state index contributed by atoms with van der Waals surface area (Å²) in [6, 6.07) is 12.4. The molecular weight excluding hydrogens is 432 g/mol. The lowest BCUT2D eigenvalue weighted by Gasteiger charge is -2.13. The normalized spacial score (nSPS) is 15.1. The van der Waals surface area contributed by atoms with Gasteiger partial charge in [0.2, 0.25) is 5.91 Å². The van der Waals surface area contributed by atoms with Crippen LogP contribution in [0.4, 0.5) is 5.69 Å². The van der Waals surface area contributed by atoms with Gasteiger partial charge in [0, 0.05) is 30.4 Å². The zero-order valence-corrected chi connectivity index (χ0v) is 18.3. The maximum atomic E-state index is 13.3. The first-order valence-corrected chi connectivity index (χ1v) is 10.3. The molecule has 8 nitrogen and oxygen atoms in total. The van der Waals surface area contributed by atoms with E-state index in [1.165, 1.54) is 11.6 Å². The molecule has 0 aliphatic carbocycles. The molecule has 0 bridgehead atoms. The van der Waals surface area contributed by atoms with Crippen LogP contribution in [0, 0.1) is 0 Å². The molecule has 1 amide bonds. The number of hydrogen-bond donors (Lipinski definition) is 2. The van der Waals surface area contributed by atoms with Gasteiger partial charge in [0.15, 0.2) is 0 Å². The van der Waals surface area contributed by atoms with Crippen molar-refractivity contribution in [2.75, 3.05) is 12.4 Å². The van der Waals surface area contributed by atoms with Crippen LogP contribution in [0.3, 0.4) is 0 Å². The highest BCUT2D eigenvalue weighted by Crippen LogP contribution is 2.44. The van der Waals surface area contributed by atoms with E-state index in [2.05, 4.69) is 10.3 Å². The van der Waals surface area contributed by atoms with E-state index in [0.29, 0.717) is 38.9 Å². The summed E-state index contributed by atoms with van der Waals surface area (Å²) in [7, 11) is 4.58. The van der Waals surface area contributed by atoms with E-state index in [0.717, 1.165) is 10.1 Å². The third kappa shape index (κ3) is 2.80. The van der Waals surface area contributed by atoms with Gasteiger partial charge in [-0.15, -0.1) is 0 Å². The Labute approximate surface area is 187 Å². The molecule has 1 aliphatic rings. The molecule has 2 N–H and O–H groups in total. The third-order valence-electron chi connectivity index (χ3n) is 5.96. The number of hydrogen-bond acceptors (Lipinski definition) is 4. The zero-order chi connectivity index (χ0) is 22.7. The number of H-pyrrole nitrogens is 1. The predicted molar refractivity (Wildman–Crippen MR) is 123 cm³/mol. The molecule has 0 fully saturated rings. The quantitative estimate of drug-likeness (QED) is 0.501. The Bertz CT molecular complexity index is 1530. The highest BCUT2D eigenvalue weighted by Gasteiger charge is 2.37. The van der Waals surface area contributed by atoms with Crippen molar-refractivity contribution < 1.29 is 9.53 Å². The summed E-state index contributed by atoms with van der Waals surface area (Å²) < 4.78 is 7.67. The lowest BCUT2D eigenvalue weighted by molar-refractivity contribution is -0.116. The van der Waals surface area contributed by atoms with E-state index >= 15 is 0 Å². The predicted octanol–water partition coefficient (Wildman–Crippen LogP) is 2.98. The number of fused-ring (bicyclic) bond motifs is 2. The first-order chi connectivity index (χ1) is 15.3. The summed E-state index contributed by atoms with van der Waals surface area (Å²) in [6.07, 6.45) is 0. The molecule has 162 valence electrons. The summed E-state index contributed by atoms with van der Waals surface area (Å²) in [6.45, 7) is 0. The molecule has 0 spiro atoms. The molecule has 3 heterocycles. The first-order valence-electron chi connectivity index (χ1n) is 9.88. The average Bonchev–Trinajstić information content (AvgIpc) is 3.33. The molecule has 9 heteroatoms. The van der Waals surface area contributed by atoms with Gasteiger partial charge >= 0.3 is 5.69 Å². The number of aryl methyl sites for hydroxylation is 1. The van der Waals surface area contributed by atoms with Crippen molar-refractivity contribution in [2.24, 2.45) is 14.1 Å². The Kier molecular flexibility index (Phi) is 4.49. The molecule has 1 unspecified atom stereocenters. The average molecular weight is 451 g/mol. The molecule has 4 aromatic rings. The Morgan fingerprint density at radius 2 is 1.72 bits per heavy atom. The lowest BCUT2D eigenvalue weighted by Crippen LogP contribution is -2.37. The number of aromatic amines is 1. The van der Waals surface area contributed by atoms with Crippen molar-refractivity contribution in [3.8, 4) is 17.0 Å². The fourth-order valence-corrected chi connectivity index (χ4v) is 4.52. The van der Waals surface area contributed by atoms with Gasteiger partial charge < -0.3 is 15.0 Å². The Morgan fingerprint density at radius 1 is 1.00 bits per heavy atom. The maximum absolute atomic E-state index is 13.3. The molecule has 1 atom stereocenters. The van der Waals surface area contributed by atoms with Crippen LogP contribution in [0.15, 0.2) is 52.1 Å². The SMILES string of the molecule is COc1ccc(-c2[nH]c3c(c2C2C(=O)Nc4ccc(Cl)cc42)c(=O)n(C)c(=O)n3C)cc1. The van der Waals surface area contributed by atoms with E-state index in [1.807, 2.05) is 12.1 Å². The molecule has 5 rings (SSSR count). The molecule has 2 aromatic carbocycles. The number of anilines is 1. The summed E-state index contributed by atoms with van der Waals surface area (Å²) in [4.78, 5) is 42.2. The number of carbonyl (C=O) groups excluding carboxylic acids is 1. The van der Waals surface area contributed by atoms with Crippen molar-refractivity contribution in [1.29, 1.82) is 0 Å². The van der Waals surface area contributed by atoms with Crippen LogP contribution >= 0.6 is 11.6 Å². The minimum atomic E-state index is -0.778. The molecular formula is C23H19ClN4O4. The summed E-state index contributed by atoms with van der Waals surface area (Å²) >= 11 is 6.24. The first kappa shape index (κ1) is 20.1. The van der Waals surface area contributed by atoms with Crippen molar-refractivity contribution in [1.82, 2.24) is 14.1 Å². The van der Waals surface area contributed by atoms with Crippen molar-refractivity contribution >= 4 is 34.2 Å². The van der Waals surface area contributed by atoms with Gasteiger partial charge in [0.25, 0.3) is 5.56 Å². The number of nitrogens with zero attached hydrogens (tertiary/aromatic N) is 2. The number of carbonyl (C=O) groups is 1. The van der Waals surface area contributed by atoms with Crippen molar-refractivity contribution in [2.45, 2.75) is 5.92 Å². The second-order valence-electron chi connectivity index (χ2n) is 7.73. The van der Waals surface area contributed by atoms with Gasteiger partial charge in [0.1, 0.15) is 11.4 Å². The van der Waals surface area contributed by atoms with E-state index in [1.54, 1.807) is 44.5 Å². The van der Waals surface area contributed by atoms with Gasteiger partial charge in [-0.05, 0) is 53.6 Å². The Balaban J connectivity index is 1.91. The highest BCUT2D eigenvalue weighted by atomic mass is 35.5. The minimum absolute atomic E-state index is 0.270.